The van der Waals surface area contributed by atoms with Gasteiger partial charge in [-0.05, 0) is 38.8 Å². The molecular formula is C50H48SiZr. The standard InChI is InChI=1S/2C24H21.C2H6Si.Zr/c2*1-16-4-8-19(9-5-16)21-12-13-22(20-10-6-17(2)7-11-20)24-15-18(3)14-23(21)24;1-3-2;/h2*4-15H,1-3H3;1-2H3;/q2*-1;;+2. The maximum absolute atomic E-state index is 2.31. The van der Waals surface area contributed by atoms with Gasteiger partial charge in [0.05, 0.1) is 0 Å². The van der Waals surface area contributed by atoms with Gasteiger partial charge in [-0.15, -0.1) is 44.8 Å². The van der Waals surface area contributed by atoms with Crippen LogP contribution in [0.5, 0.6) is 0 Å². The average Bonchev–Trinajstić information content (AvgIpc) is 3.72. The van der Waals surface area contributed by atoms with Gasteiger partial charge in [0.15, 0.2) is 0 Å². The van der Waals surface area contributed by atoms with Crippen LogP contribution in [0.4, 0.5) is 0 Å². The molecule has 0 saturated heterocycles. The largest absolute Gasteiger partial charge is 2.00 e. The van der Waals surface area contributed by atoms with Crippen molar-refractivity contribution in [3.63, 3.8) is 0 Å². The summed E-state index contributed by atoms with van der Waals surface area (Å²) in [5, 5.41) is 5.37. The maximum atomic E-state index is 2.31. The molecule has 52 heavy (non-hydrogen) atoms. The van der Waals surface area contributed by atoms with Gasteiger partial charge in [-0.1, -0.05) is 204 Å². The number of rotatable bonds is 4. The van der Waals surface area contributed by atoms with Gasteiger partial charge in [-0.2, -0.15) is 12.1 Å². The first-order chi connectivity index (χ1) is 24.6. The zero-order chi connectivity index (χ0) is 36.1. The summed E-state index contributed by atoms with van der Waals surface area (Å²) in [6, 6.07) is 53.5. The minimum Gasteiger partial charge on any atom is -0.165 e. The molecule has 0 fully saturated rings. The van der Waals surface area contributed by atoms with Gasteiger partial charge in [-0.25, -0.2) is 0 Å². The summed E-state index contributed by atoms with van der Waals surface area (Å²) in [7, 11) is 1.08. The Balaban J connectivity index is 0.000000184. The molecule has 256 valence electrons. The quantitative estimate of drug-likeness (QED) is 0.124. The SMILES string of the molecule is C[Si]C.Cc1ccc(-c2ccc(-c3ccc(C)cc3)c3[cH-]c(C)cc23)cc1.Cc1ccc(-c2ccc(-c3ccc(C)cc3)c3[cH-]c(C)cc23)cc1.[Zr+2]. The molecule has 8 aromatic rings. The first-order valence-corrected chi connectivity index (χ1v) is 19.9. The van der Waals surface area contributed by atoms with E-state index in [-0.39, 0.29) is 26.2 Å². The van der Waals surface area contributed by atoms with Crippen molar-refractivity contribution in [1.82, 2.24) is 0 Å². The predicted molar refractivity (Wildman–Crippen MR) is 227 cm³/mol. The fourth-order valence-electron chi connectivity index (χ4n) is 6.83. The monoisotopic (exact) mass is 766 g/mol. The molecule has 0 saturated carbocycles. The third kappa shape index (κ3) is 8.80. The first-order valence-electron chi connectivity index (χ1n) is 17.9. The van der Waals surface area contributed by atoms with Gasteiger partial charge in [0.2, 0.25) is 0 Å². The molecule has 8 rings (SSSR count). The molecule has 0 nitrogen and oxygen atoms in total. The Labute approximate surface area is 333 Å². The first kappa shape index (κ1) is 38.9. The van der Waals surface area contributed by atoms with E-state index in [0.29, 0.717) is 0 Å². The van der Waals surface area contributed by atoms with E-state index in [1.54, 1.807) is 0 Å². The van der Waals surface area contributed by atoms with Gasteiger partial charge in [0.25, 0.3) is 0 Å². The molecular weight excluding hydrogens is 720 g/mol. The van der Waals surface area contributed by atoms with Crippen molar-refractivity contribution in [2.75, 3.05) is 0 Å². The van der Waals surface area contributed by atoms with Gasteiger partial charge in [-0.3, -0.25) is 0 Å². The van der Waals surface area contributed by atoms with Crippen LogP contribution in [0, 0.1) is 41.5 Å². The second-order valence-corrected chi connectivity index (χ2v) is 15.0. The second kappa shape index (κ2) is 17.4. The smallest absolute Gasteiger partial charge is 0.165 e. The van der Waals surface area contributed by atoms with Crippen LogP contribution in [0.3, 0.4) is 0 Å². The molecule has 0 atom stereocenters. The summed E-state index contributed by atoms with van der Waals surface area (Å²) in [5.74, 6) is 0. The molecule has 0 aromatic heterocycles. The minimum absolute atomic E-state index is 0. The summed E-state index contributed by atoms with van der Waals surface area (Å²) < 4.78 is 0. The maximum Gasteiger partial charge on any atom is 2.00 e. The molecule has 8 aromatic carbocycles. The van der Waals surface area contributed by atoms with Crippen LogP contribution in [0.15, 0.2) is 146 Å². The van der Waals surface area contributed by atoms with E-state index in [0.717, 1.165) is 9.52 Å². The number of hydrogen-bond acceptors (Lipinski definition) is 0. The summed E-state index contributed by atoms with van der Waals surface area (Å²) in [5.41, 5.74) is 18.2. The van der Waals surface area contributed by atoms with Gasteiger partial charge in [0.1, 0.15) is 0 Å². The molecule has 2 heteroatoms. The van der Waals surface area contributed by atoms with Crippen molar-refractivity contribution in [1.29, 1.82) is 0 Å². The van der Waals surface area contributed by atoms with Crippen LogP contribution < -0.4 is 0 Å². The molecule has 0 unspecified atom stereocenters. The fraction of sp³-hybridized carbons (Fsp3) is 0.160. The molecule has 0 heterocycles. The van der Waals surface area contributed by atoms with Gasteiger partial charge >= 0.3 is 26.2 Å². The predicted octanol–water partition coefficient (Wildman–Crippen LogP) is 14.4. The third-order valence-corrected chi connectivity index (χ3v) is 9.51. The van der Waals surface area contributed by atoms with Crippen molar-refractivity contribution in [2.45, 2.75) is 54.6 Å². The van der Waals surface area contributed by atoms with E-state index in [1.807, 2.05) is 0 Å². The zero-order valence-electron chi connectivity index (χ0n) is 31.9. The fourth-order valence-corrected chi connectivity index (χ4v) is 6.83. The molecule has 0 aliphatic rings. The van der Waals surface area contributed by atoms with Crippen molar-refractivity contribution in [2.24, 2.45) is 0 Å². The Bertz CT molecular complexity index is 2030. The Hall–Kier alpha value is -4.36. The molecule has 0 N–H and O–H groups in total. The van der Waals surface area contributed by atoms with E-state index in [9.17, 15) is 0 Å². The number of benzene rings is 6. The number of aryl methyl sites for hydroxylation is 6. The minimum atomic E-state index is 0. The molecule has 0 aliphatic heterocycles. The van der Waals surface area contributed by atoms with Crippen LogP contribution in [0.25, 0.3) is 66.1 Å². The van der Waals surface area contributed by atoms with Crippen molar-refractivity contribution in [3.05, 3.63) is 179 Å². The normalized spacial score (nSPS) is 10.6. The van der Waals surface area contributed by atoms with E-state index < -0.39 is 0 Å². The molecule has 0 aliphatic carbocycles. The second-order valence-electron chi connectivity index (χ2n) is 14.0. The summed E-state index contributed by atoms with van der Waals surface area (Å²) >= 11 is 0. The topological polar surface area (TPSA) is 0 Å². The third-order valence-electron chi connectivity index (χ3n) is 9.51. The van der Waals surface area contributed by atoms with Gasteiger partial charge < -0.3 is 0 Å². The van der Waals surface area contributed by atoms with Crippen LogP contribution in [-0.2, 0) is 26.2 Å². The van der Waals surface area contributed by atoms with Crippen molar-refractivity contribution >= 4 is 31.1 Å². The van der Waals surface area contributed by atoms with Crippen molar-refractivity contribution in [3.8, 4) is 44.5 Å². The number of hydrogen-bond donors (Lipinski definition) is 0. The molecule has 0 bridgehead atoms. The van der Waals surface area contributed by atoms with Crippen LogP contribution in [0.1, 0.15) is 33.4 Å². The van der Waals surface area contributed by atoms with Crippen LogP contribution in [0.2, 0.25) is 13.1 Å². The van der Waals surface area contributed by atoms with E-state index in [4.69, 9.17) is 0 Å². The average molecular weight is 768 g/mol. The summed E-state index contributed by atoms with van der Waals surface area (Å²) in [4.78, 5) is 0. The number of fused-ring (bicyclic) bond motifs is 2. The Kier molecular flexibility index (Phi) is 13.0. The Morgan fingerprint density at radius 2 is 0.577 bits per heavy atom. The van der Waals surface area contributed by atoms with E-state index in [2.05, 4.69) is 200 Å². The molecule has 2 radical (unpaired) electrons. The van der Waals surface area contributed by atoms with Crippen LogP contribution >= 0.6 is 0 Å². The summed E-state index contributed by atoms with van der Waals surface area (Å²) in [6.45, 7) is 17.2. The zero-order valence-corrected chi connectivity index (χ0v) is 35.3. The molecule has 0 spiro atoms. The van der Waals surface area contributed by atoms with Crippen molar-refractivity contribution < 1.29 is 26.2 Å². The Morgan fingerprint density at radius 3 is 0.846 bits per heavy atom. The summed E-state index contributed by atoms with van der Waals surface area (Å²) in [6.07, 6.45) is 0. The Morgan fingerprint density at radius 1 is 0.346 bits per heavy atom. The van der Waals surface area contributed by atoms with Crippen LogP contribution in [-0.4, -0.2) is 9.52 Å². The van der Waals surface area contributed by atoms with E-state index >= 15 is 0 Å². The molecule has 0 amide bonds. The van der Waals surface area contributed by atoms with Gasteiger partial charge in [0, 0.05) is 9.52 Å². The van der Waals surface area contributed by atoms with E-state index in [1.165, 1.54) is 99.4 Å².